The monoisotopic (exact) mass is 263 g/mol. The van der Waals surface area contributed by atoms with Crippen LogP contribution in [0.15, 0.2) is 48.5 Å². The number of aryl methyl sites for hydroxylation is 2. The molecule has 100 valence electrons. The van der Waals surface area contributed by atoms with Crippen molar-refractivity contribution in [1.82, 2.24) is 4.98 Å². The number of aromatic nitrogens is 1. The van der Waals surface area contributed by atoms with E-state index in [0.717, 1.165) is 5.75 Å². The van der Waals surface area contributed by atoms with Gasteiger partial charge in [-0.25, -0.2) is 0 Å². The summed E-state index contributed by atoms with van der Waals surface area (Å²) in [4.78, 5) is 3.52. The molecule has 0 spiro atoms. The molecular formula is C18H17NO. The van der Waals surface area contributed by atoms with Gasteiger partial charge in [0.15, 0.2) is 0 Å². The van der Waals surface area contributed by atoms with Gasteiger partial charge in [-0.1, -0.05) is 30.3 Å². The van der Waals surface area contributed by atoms with Crippen LogP contribution < -0.4 is 4.74 Å². The second kappa shape index (κ2) is 4.71. The fraction of sp³-hybridized carbons (Fsp3) is 0.222. The minimum atomic E-state index is 0.624. The molecule has 1 aliphatic carbocycles. The Balaban J connectivity index is 1.61. The van der Waals surface area contributed by atoms with Crippen LogP contribution in [0.3, 0.4) is 0 Å². The van der Waals surface area contributed by atoms with Gasteiger partial charge in [0.05, 0.1) is 0 Å². The molecule has 2 nitrogen and oxygen atoms in total. The summed E-state index contributed by atoms with van der Waals surface area (Å²) in [5.74, 6) is 0.954. The lowest BCUT2D eigenvalue weighted by Gasteiger charge is -2.06. The van der Waals surface area contributed by atoms with Gasteiger partial charge in [0.1, 0.15) is 12.4 Å². The molecule has 0 amide bonds. The summed E-state index contributed by atoms with van der Waals surface area (Å²) in [6, 6.07) is 16.7. The molecule has 0 bridgehead atoms. The van der Waals surface area contributed by atoms with E-state index in [-0.39, 0.29) is 0 Å². The number of benzene rings is 2. The predicted molar refractivity (Wildman–Crippen MR) is 81.1 cm³/mol. The number of H-pyrrole nitrogens is 1. The van der Waals surface area contributed by atoms with E-state index in [1.54, 1.807) is 0 Å². The Bertz CT molecular complexity index is 743. The second-order valence-electron chi connectivity index (χ2n) is 5.42. The Kier molecular flexibility index (Phi) is 2.73. The van der Waals surface area contributed by atoms with Crippen LogP contribution >= 0.6 is 0 Å². The molecule has 2 heteroatoms. The van der Waals surface area contributed by atoms with Crippen molar-refractivity contribution < 1.29 is 4.74 Å². The average Bonchev–Trinajstić information content (AvgIpc) is 3.07. The van der Waals surface area contributed by atoms with Gasteiger partial charge in [0, 0.05) is 16.6 Å². The molecular weight excluding hydrogens is 246 g/mol. The van der Waals surface area contributed by atoms with E-state index in [2.05, 4.69) is 35.3 Å². The number of fused-ring (bicyclic) bond motifs is 3. The molecule has 1 N–H and O–H groups in total. The first-order valence-corrected chi connectivity index (χ1v) is 7.20. The van der Waals surface area contributed by atoms with Gasteiger partial charge in [-0.3, -0.25) is 0 Å². The van der Waals surface area contributed by atoms with Gasteiger partial charge >= 0.3 is 0 Å². The summed E-state index contributed by atoms with van der Waals surface area (Å²) in [7, 11) is 0. The molecule has 20 heavy (non-hydrogen) atoms. The van der Waals surface area contributed by atoms with E-state index >= 15 is 0 Å². The van der Waals surface area contributed by atoms with Crippen molar-refractivity contribution in [3.8, 4) is 5.75 Å². The molecule has 0 unspecified atom stereocenters. The first-order valence-electron chi connectivity index (χ1n) is 7.20. The van der Waals surface area contributed by atoms with E-state index in [1.165, 1.54) is 47.0 Å². The highest BCUT2D eigenvalue weighted by Gasteiger charge is 2.16. The molecule has 0 radical (unpaired) electrons. The van der Waals surface area contributed by atoms with Crippen molar-refractivity contribution in [2.75, 3.05) is 0 Å². The van der Waals surface area contributed by atoms with E-state index in [0.29, 0.717) is 6.61 Å². The normalized spacial score (nSPS) is 13.6. The van der Waals surface area contributed by atoms with Gasteiger partial charge in [0.2, 0.25) is 0 Å². The first-order chi connectivity index (χ1) is 9.90. The lowest BCUT2D eigenvalue weighted by Crippen LogP contribution is -1.94. The van der Waals surface area contributed by atoms with Crippen molar-refractivity contribution in [3.63, 3.8) is 0 Å². The molecule has 0 saturated carbocycles. The Morgan fingerprint density at radius 3 is 2.80 bits per heavy atom. The van der Waals surface area contributed by atoms with E-state index in [4.69, 9.17) is 4.74 Å². The summed E-state index contributed by atoms with van der Waals surface area (Å²) in [6.45, 7) is 0.624. The third-order valence-electron chi connectivity index (χ3n) is 4.07. The van der Waals surface area contributed by atoms with Gasteiger partial charge in [-0.2, -0.15) is 0 Å². The van der Waals surface area contributed by atoms with Crippen LogP contribution in [0.4, 0.5) is 0 Å². The summed E-state index contributed by atoms with van der Waals surface area (Å²) < 4.78 is 5.92. The van der Waals surface area contributed by atoms with E-state index < -0.39 is 0 Å². The molecule has 1 heterocycles. The molecule has 0 saturated heterocycles. The maximum absolute atomic E-state index is 5.92. The number of aromatic amines is 1. The first kappa shape index (κ1) is 11.6. The minimum Gasteiger partial charge on any atom is -0.489 e. The lowest BCUT2D eigenvalue weighted by atomic mass is 10.1. The van der Waals surface area contributed by atoms with Crippen molar-refractivity contribution in [2.45, 2.75) is 25.9 Å². The van der Waals surface area contributed by atoms with Crippen LogP contribution in [0, 0.1) is 0 Å². The average molecular weight is 263 g/mol. The maximum Gasteiger partial charge on any atom is 0.120 e. The topological polar surface area (TPSA) is 25.0 Å². The zero-order chi connectivity index (χ0) is 13.4. The van der Waals surface area contributed by atoms with Crippen molar-refractivity contribution in [2.24, 2.45) is 0 Å². The molecule has 4 rings (SSSR count). The summed E-state index contributed by atoms with van der Waals surface area (Å²) in [5, 5.41) is 1.34. The smallest absolute Gasteiger partial charge is 0.120 e. The quantitative estimate of drug-likeness (QED) is 0.751. The van der Waals surface area contributed by atoms with E-state index in [1.807, 2.05) is 18.2 Å². The van der Waals surface area contributed by atoms with Crippen molar-refractivity contribution in [1.29, 1.82) is 0 Å². The fourth-order valence-corrected chi connectivity index (χ4v) is 3.05. The molecule has 0 aliphatic heterocycles. The SMILES string of the molecule is c1ccc(COc2ccc3[nH]c4c(c3c2)CCC4)cc1. The highest BCUT2D eigenvalue weighted by molar-refractivity contribution is 5.86. The molecule has 0 atom stereocenters. The lowest BCUT2D eigenvalue weighted by molar-refractivity contribution is 0.306. The van der Waals surface area contributed by atoms with Crippen LogP contribution in [-0.2, 0) is 19.4 Å². The molecule has 1 aliphatic rings. The molecule has 2 aromatic carbocycles. The standard InChI is InChI=1S/C18H17NO/c1-2-5-13(6-3-1)12-20-14-9-10-18-16(11-14)15-7-4-8-17(15)19-18/h1-3,5-6,9-11,19H,4,7-8,12H2. The zero-order valence-electron chi connectivity index (χ0n) is 11.4. The van der Waals surface area contributed by atoms with Gasteiger partial charge in [0.25, 0.3) is 0 Å². The summed E-state index contributed by atoms with van der Waals surface area (Å²) in [6.07, 6.45) is 3.65. The van der Waals surface area contributed by atoms with Crippen molar-refractivity contribution in [3.05, 3.63) is 65.4 Å². The van der Waals surface area contributed by atoms with Gasteiger partial charge in [-0.15, -0.1) is 0 Å². The Morgan fingerprint density at radius 1 is 1.00 bits per heavy atom. The van der Waals surface area contributed by atoms with Crippen LogP contribution in [-0.4, -0.2) is 4.98 Å². The van der Waals surface area contributed by atoms with Crippen LogP contribution in [0.2, 0.25) is 0 Å². The number of rotatable bonds is 3. The minimum absolute atomic E-state index is 0.624. The molecule has 1 aromatic heterocycles. The largest absolute Gasteiger partial charge is 0.489 e. The highest BCUT2D eigenvalue weighted by Crippen LogP contribution is 2.32. The van der Waals surface area contributed by atoms with Crippen LogP contribution in [0.1, 0.15) is 23.2 Å². The van der Waals surface area contributed by atoms with Gasteiger partial charge in [-0.05, 0) is 48.6 Å². The number of ether oxygens (including phenoxy) is 1. The second-order valence-corrected chi connectivity index (χ2v) is 5.42. The van der Waals surface area contributed by atoms with Crippen LogP contribution in [0.25, 0.3) is 10.9 Å². The number of hydrogen-bond acceptors (Lipinski definition) is 1. The Hall–Kier alpha value is -2.22. The number of nitrogens with one attached hydrogen (secondary N) is 1. The maximum atomic E-state index is 5.92. The van der Waals surface area contributed by atoms with Crippen LogP contribution in [0.5, 0.6) is 5.75 Å². The highest BCUT2D eigenvalue weighted by atomic mass is 16.5. The summed E-state index contributed by atoms with van der Waals surface area (Å²) >= 11 is 0. The fourth-order valence-electron chi connectivity index (χ4n) is 3.05. The molecule has 0 fully saturated rings. The van der Waals surface area contributed by atoms with Gasteiger partial charge < -0.3 is 9.72 Å². The Labute approximate surface area is 118 Å². The summed E-state index contributed by atoms with van der Waals surface area (Å²) in [5.41, 5.74) is 5.35. The Morgan fingerprint density at radius 2 is 1.90 bits per heavy atom. The molecule has 3 aromatic rings. The van der Waals surface area contributed by atoms with E-state index in [9.17, 15) is 0 Å². The predicted octanol–water partition coefficient (Wildman–Crippen LogP) is 4.24. The van der Waals surface area contributed by atoms with Crippen molar-refractivity contribution >= 4 is 10.9 Å². The number of hydrogen-bond donors (Lipinski definition) is 1. The third-order valence-corrected chi connectivity index (χ3v) is 4.07. The third kappa shape index (κ3) is 1.97. The zero-order valence-corrected chi connectivity index (χ0v) is 11.4.